The third-order valence-corrected chi connectivity index (χ3v) is 2.51. The van der Waals surface area contributed by atoms with Crippen LogP contribution in [0.1, 0.15) is 19.5 Å². The average Bonchev–Trinajstić information content (AvgIpc) is 2.55. The maximum atomic E-state index is 3.11. The first-order valence-corrected chi connectivity index (χ1v) is 4.85. The number of fused-ring (bicyclic) bond motifs is 1. The third kappa shape index (κ3) is 1.22. The van der Waals surface area contributed by atoms with Crippen LogP contribution in [0.2, 0.25) is 0 Å². The van der Waals surface area contributed by atoms with Crippen LogP contribution in [0, 0.1) is 0 Å². The van der Waals surface area contributed by atoms with Gasteiger partial charge in [0.05, 0.1) is 5.56 Å². The van der Waals surface area contributed by atoms with Gasteiger partial charge in [0, 0.05) is 30.9 Å². The van der Waals surface area contributed by atoms with E-state index in [1.54, 1.807) is 0 Å². The van der Waals surface area contributed by atoms with Crippen molar-refractivity contribution < 1.29 is 4.57 Å². The van der Waals surface area contributed by atoms with Crippen molar-refractivity contribution in [3.63, 3.8) is 0 Å². The van der Waals surface area contributed by atoms with E-state index in [1.165, 1.54) is 17.0 Å². The predicted octanol–water partition coefficient (Wildman–Crippen LogP) is 1.99. The number of aromatic amines is 1. The summed E-state index contributed by atoms with van der Waals surface area (Å²) < 4.78 is 2.36. The highest BCUT2D eigenvalue weighted by Gasteiger charge is 2.20. The number of aryl methyl sites for hydroxylation is 1. The molecule has 0 atom stereocenters. The number of hydrogen-bond donors (Lipinski definition) is 1. The summed E-state index contributed by atoms with van der Waals surface area (Å²) in [7, 11) is 0. The number of H-pyrrole nitrogens is 1. The van der Waals surface area contributed by atoms with E-state index in [4.69, 9.17) is 0 Å². The van der Waals surface area contributed by atoms with Crippen molar-refractivity contribution in [2.45, 2.75) is 26.8 Å². The molecule has 0 bridgehead atoms. The Morgan fingerprint density at radius 1 is 1.38 bits per heavy atom. The van der Waals surface area contributed by atoms with Gasteiger partial charge in [0.2, 0.25) is 5.69 Å². The quantitative estimate of drug-likeness (QED) is 0.673. The third-order valence-electron chi connectivity index (χ3n) is 2.51. The Morgan fingerprint density at radius 3 is 2.92 bits per heavy atom. The van der Waals surface area contributed by atoms with Crippen molar-refractivity contribution in [1.29, 1.82) is 0 Å². The molecule has 0 radical (unpaired) electrons. The summed E-state index contributed by atoms with van der Waals surface area (Å²) in [5, 5.41) is 0. The van der Waals surface area contributed by atoms with E-state index in [0.29, 0.717) is 0 Å². The molecule has 0 aromatic heterocycles. The molecule has 0 aromatic carbocycles. The van der Waals surface area contributed by atoms with Crippen LogP contribution >= 0.6 is 0 Å². The van der Waals surface area contributed by atoms with Crippen LogP contribution in [0.25, 0.3) is 11.3 Å². The normalized spacial score (nSPS) is 10.9. The fourth-order valence-electron chi connectivity index (χ4n) is 1.88. The molecule has 0 amide bonds. The summed E-state index contributed by atoms with van der Waals surface area (Å²) in [4.78, 5) is 3.11. The van der Waals surface area contributed by atoms with Crippen LogP contribution in [0.15, 0.2) is 24.5 Å². The van der Waals surface area contributed by atoms with E-state index in [-0.39, 0.29) is 0 Å². The topological polar surface area (TPSA) is 19.7 Å². The molecule has 0 saturated heterocycles. The molecule has 0 saturated carbocycles. The zero-order valence-electron chi connectivity index (χ0n) is 8.17. The molecule has 2 heteroatoms. The lowest BCUT2D eigenvalue weighted by Gasteiger charge is -1.95. The van der Waals surface area contributed by atoms with Gasteiger partial charge < -0.3 is 4.98 Å². The summed E-state index contributed by atoms with van der Waals surface area (Å²) in [6.07, 6.45) is 5.14. The first-order valence-electron chi connectivity index (χ1n) is 4.85. The molecule has 2 aliphatic heterocycles. The van der Waals surface area contributed by atoms with E-state index < -0.39 is 0 Å². The Bertz CT molecular complexity index is 376. The minimum atomic E-state index is 1.05. The highest BCUT2D eigenvalue weighted by molar-refractivity contribution is 5.56. The number of hydrogen-bond acceptors (Lipinski definition) is 0. The summed E-state index contributed by atoms with van der Waals surface area (Å²) in [6, 6.07) is 4.40. The molecule has 68 valence electrons. The van der Waals surface area contributed by atoms with Crippen LogP contribution in [-0.4, -0.2) is 4.98 Å². The van der Waals surface area contributed by atoms with Gasteiger partial charge in [-0.25, -0.2) is 0 Å². The summed E-state index contributed by atoms with van der Waals surface area (Å²) in [5.74, 6) is 0. The second-order valence-electron chi connectivity index (χ2n) is 3.22. The Hall–Kier alpha value is -1.31. The van der Waals surface area contributed by atoms with Crippen molar-refractivity contribution in [2.24, 2.45) is 0 Å². The van der Waals surface area contributed by atoms with Gasteiger partial charge in [-0.3, -0.25) is 0 Å². The molecule has 0 aliphatic carbocycles. The average molecular weight is 175 g/mol. The predicted molar refractivity (Wildman–Crippen MR) is 52.7 cm³/mol. The first-order chi connectivity index (χ1) is 6.36. The molecule has 2 rings (SSSR count). The van der Waals surface area contributed by atoms with E-state index in [0.717, 1.165) is 13.0 Å². The number of nitrogens with zero attached hydrogens (tertiary/aromatic N) is 1. The monoisotopic (exact) mass is 175 g/mol. The first kappa shape index (κ1) is 8.30. The minimum Gasteiger partial charge on any atom is -0.367 e. The van der Waals surface area contributed by atoms with Crippen LogP contribution in [-0.2, 0) is 13.0 Å². The Labute approximate surface area is 78.6 Å². The smallest absolute Gasteiger partial charge is 0.215 e. The van der Waals surface area contributed by atoms with Gasteiger partial charge in [-0.05, 0) is 6.92 Å². The summed E-state index contributed by atoms with van der Waals surface area (Å²) >= 11 is 0. The Balaban J connectivity index is 2.66. The maximum Gasteiger partial charge on any atom is 0.215 e. The zero-order chi connectivity index (χ0) is 9.26. The lowest BCUT2D eigenvalue weighted by atomic mass is 10.2. The fraction of sp³-hybridized carbons (Fsp3) is 0.364. The molecule has 0 fully saturated rings. The van der Waals surface area contributed by atoms with Gasteiger partial charge >= 0.3 is 0 Å². The van der Waals surface area contributed by atoms with Gasteiger partial charge in [0.1, 0.15) is 6.54 Å². The number of nitrogens with one attached hydrogen (secondary N) is 1. The van der Waals surface area contributed by atoms with E-state index >= 15 is 0 Å². The molecule has 0 aromatic rings. The standard InChI is InChI=1S/C11H14N2/c1-3-10-7-9-8-12-6-5-11(9)13(10)4-2/h5-8H,3-4H2,1-2H3/p+1. The highest BCUT2D eigenvalue weighted by Crippen LogP contribution is 2.18. The maximum absolute atomic E-state index is 3.11. The van der Waals surface area contributed by atoms with Crippen molar-refractivity contribution >= 4 is 0 Å². The van der Waals surface area contributed by atoms with Gasteiger partial charge in [-0.2, -0.15) is 4.57 Å². The van der Waals surface area contributed by atoms with Gasteiger partial charge in [-0.1, -0.05) is 6.92 Å². The molecule has 0 spiro atoms. The fourth-order valence-corrected chi connectivity index (χ4v) is 1.88. The molecule has 13 heavy (non-hydrogen) atoms. The van der Waals surface area contributed by atoms with E-state index in [2.05, 4.69) is 41.7 Å². The highest BCUT2D eigenvalue weighted by atomic mass is 15.0. The van der Waals surface area contributed by atoms with Crippen molar-refractivity contribution in [3.05, 3.63) is 30.2 Å². The van der Waals surface area contributed by atoms with Crippen molar-refractivity contribution in [2.75, 3.05) is 0 Å². The summed E-state index contributed by atoms with van der Waals surface area (Å²) in [5.41, 5.74) is 4.05. The van der Waals surface area contributed by atoms with Crippen LogP contribution in [0.4, 0.5) is 0 Å². The Morgan fingerprint density at radius 2 is 2.23 bits per heavy atom. The second-order valence-corrected chi connectivity index (χ2v) is 3.22. The second kappa shape index (κ2) is 3.21. The van der Waals surface area contributed by atoms with Crippen LogP contribution in [0.3, 0.4) is 0 Å². The van der Waals surface area contributed by atoms with E-state index in [9.17, 15) is 0 Å². The minimum absolute atomic E-state index is 1.05. The lowest BCUT2D eigenvalue weighted by molar-refractivity contribution is -0.686. The van der Waals surface area contributed by atoms with Gasteiger partial charge in [-0.15, -0.1) is 0 Å². The number of rotatable bonds is 2. The summed E-state index contributed by atoms with van der Waals surface area (Å²) in [6.45, 7) is 5.44. The molecule has 1 N–H and O–H groups in total. The molecule has 0 unspecified atom stereocenters. The van der Waals surface area contributed by atoms with Crippen molar-refractivity contribution in [1.82, 2.24) is 4.98 Å². The SMILES string of the molecule is CCc1cc2c[nH]ccc-2[n+]1CC. The number of aromatic nitrogens is 2. The number of pyridine rings is 1. The zero-order valence-corrected chi connectivity index (χ0v) is 8.17. The largest absolute Gasteiger partial charge is 0.367 e. The van der Waals surface area contributed by atoms with Crippen LogP contribution < -0.4 is 4.57 Å². The molecule has 2 aliphatic rings. The van der Waals surface area contributed by atoms with Gasteiger partial charge in [0.25, 0.3) is 0 Å². The molecular formula is C11H15N2+. The molecule has 2 heterocycles. The van der Waals surface area contributed by atoms with Crippen LogP contribution in [0.5, 0.6) is 0 Å². The Kier molecular flexibility index (Phi) is 2.05. The lowest BCUT2D eigenvalue weighted by Crippen LogP contribution is -2.36. The van der Waals surface area contributed by atoms with Crippen molar-refractivity contribution in [3.8, 4) is 11.3 Å². The van der Waals surface area contributed by atoms with Gasteiger partial charge in [0.15, 0.2) is 5.69 Å². The molecular weight excluding hydrogens is 160 g/mol. The molecule has 2 nitrogen and oxygen atoms in total. The van der Waals surface area contributed by atoms with E-state index in [1.807, 2.05) is 6.20 Å².